The van der Waals surface area contributed by atoms with Crippen LogP contribution < -0.4 is 20.7 Å². The standard InChI is InChI=1S/C36H44O4Si5/c1-5-29-41(33-21-13-9-14-22-33)37-45(38-42(30-6-2)34-23-15-10-16-24-34,39-43(31-7-3)35-25-17-11-18-26-35)40-44(32-8-4)36-27-19-12-20-28-36/h5-28,41-44H,1-4,29-32H2. The molecule has 4 unspecified atom stereocenters. The van der Waals surface area contributed by atoms with Gasteiger partial charge in [0, 0.05) is 0 Å². The van der Waals surface area contributed by atoms with Gasteiger partial charge in [0.05, 0.1) is 0 Å². The first-order chi connectivity index (χ1) is 22.1. The summed E-state index contributed by atoms with van der Waals surface area (Å²) in [6, 6.07) is 44.6. The quantitative estimate of drug-likeness (QED) is 0.0998. The normalized spacial score (nSPS) is 15.1. The Morgan fingerprint density at radius 1 is 0.378 bits per heavy atom. The molecule has 0 aliphatic rings. The van der Waals surface area contributed by atoms with Crippen molar-refractivity contribution < 1.29 is 16.5 Å². The van der Waals surface area contributed by atoms with Crippen LogP contribution in [-0.4, -0.2) is 45.2 Å². The lowest BCUT2D eigenvalue weighted by Gasteiger charge is -2.39. The van der Waals surface area contributed by atoms with E-state index in [1.165, 1.54) is 0 Å². The predicted molar refractivity (Wildman–Crippen MR) is 203 cm³/mol. The zero-order valence-electron chi connectivity index (χ0n) is 26.0. The molecule has 0 saturated carbocycles. The maximum Gasteiger partial charge on any atom is 0.637 e. The molecule has 0 amide bonds. The molecule has 0 heterocycles. The maximum atomic E-state index is 7.40. The molecular formula is C36H44O4Si5. The van der Waals surface area contributed by atoms with Crippen LogP contribution in [0.25, 0.3) is 0 Å². The summed E-state index contributed by atoms with van der Waals surface area (Å²) in [5.74, 6) is 0. The third-order valence-corrected chi connectivity index (χ3v) is 24.1. The Labute approximate surface area is 277 Å². The molecule has 0 spiro atoms. The van der Waals surface area contributed by atoms with Crippen LogP contribution in [0.1, 0.15) is 0 Å². The summed E-state index contributed by atoms with van der Waals surface area (Å²) < 4.78 is 29.6. The molecule has 4 aromatic carbocycles. The molecule has 0 saturated heterocycles. The van der Waals surface area contributed by atoms with E-state index in [1.54, 1.807) is 0 Å². The van der Waals surface area contributed by atoms with Crippen molar-refractivity contribution in [2.45, 2.75) is 24.2 Å². The van der Waals surface area contributed by atoms with Crippen molar-refractivity contribution in [1.29, 1.82) is 0 Å². The van der Waals surface area contributed by atoms with Gasteiger partial charge in [0.2, 0.25) is 36.2 Å². The molecule has 0 bridgehead atoms. The van der Waals surface area contributed by atoms with Gasteiger partial charge in [-0.05, 0) is 44.9 Å². The van der Waals surface area contributed by atoms with E-state index in [1.807, 2.05) is 48.6 Å². The molecule has 45 heavy (non-hydrogen) atoms. The van der Waals surface area contributed by atoms with Gasteiger partial charge in [0.1, 0.15) is 0 Å². The van der Waals surface area contributed by atoms with Crippen molar-refractivity contribution in [1.82, 2.24) is 0 Å². The van der Waals surface area contributed by atoms with Gasteiger partial charge < -0.3 is 16.5 Å². The fourth-order valence-electron chi connectivity index (χ4n) is 5.15. The number of hydrogen-bond donors (Lipinski definition) is 0. The topological polar surface area (TPSA) is 36.9 Å². The number of benzene rings is 4. The largest absolute Gasteiger partial charge is 0.637 e. The lowest BCUT2D eigenvalue weighted by Crippen LogP contribution is -2.65. The molecule has 232 valence electrons. The highest BCUT2D eigenvalue weighted by Gasteiger charge is 2.52. The minimum absolute atomic E-state index is 0.714. The van der Waals surface area contributed by atoms with Crippen molar-refractivity contribution in [2.75, 3.05) is 0 Å². The Kier molecular flexibility index (Phi) is 14.4. The average molecular weight is 681 g/mol. The Hall–Kier alpha value is -3.24. The van der Waals surface area contributed by atoms with E-state index < -0.39 is 45.2 Å². The van der Waals surface area contributed by atoms with E-state index in [0.717, 1.165) is 20.7 Å². The molecule has 4 aromatic rings. The zero-order chi connectivity index (χ0) is 31.7. The van der Waals surface area contributed by atoms with Crippen LogP contribution in [0.15, 0.2) is 172 Å². The molecule has 0 aromatic heterocycles. The van der Waals surface area contributed by atoms with Crippen molar-refractivity contribution in [3.63, 3.8) is 0 Å². The average Bonchev–Trinajstić information content (AvgIpc) is 3.09. The molecular weight excluding hydrogens is 637 g/mol. The summed E-state index contributed by atoms with van der Waals surface area (Å²) >= 11 is 0. The van der Waals surface area contributed by atoms with Gasteiger partial charge in [-0.25, -0.2) is 0 Å². The lowest BCUT2D eigenvalue weighted by atomic mass is 10.4. The lowest BCUT2D eigenvalue weighted by molar-refractivity contribution is 0.166. The van der Waals surface area contributed by atoms with E-state index in [9.17, 15) is 0 Å². The first-order valence-electron chi connectivity index (χ1n) is 15.5. The second kappa shape index (κ2) is 18.7. The summed E-state index contributed by atoms with van der Waals surface area (Å²) in [6.45, 7) is 16.4. The highest BCUT2D eigenvalue weighted by molar-refractivity contribution is 6.89. The van der Waals surface area contributed by atoms with Gasteiger partial charge in [-0.1, -0.05) is 146 Å². The van der Waals surface area contributed by atoms with Crippen molar-refractivity contribution in [2.24, 2.45) is 0 Å². The van der Waals surface area contributed by atoms with Crippen LogP contribution in [-0.2, 0) is 16.5 Å². The van der Waals surface area contributed by atoms with Gasteiger partial charge >= 0.3 is 9.05 Å². The van der Waals surface area contributed by atoms with Crippen LogP contribution >= 0.6 is 0 Å². The summed E-state index contributed by atoms with van der Waals surface area (Å²) in [6.07, 6.45) is 7.80. The Morgan fingerprint density at radius 2 is 0.578 bits per heavy atom. The minimum Gasteiger partial charge on any atom is -0.393 e. The van der Waals surface area contributed by atoms with E-state index in [-0.39, 0.29) is 0 Å². The minimum atomic E-state index is -3.87. The fourth-order valence-corrected chi connectivity index (χ4v) is 23.7. The molecule has 0 aliphatic heterocycles. The first-order valence-corrected chi connectivity index (χ1v) is 24.5. The molecule has 0 N–H and O–H groups in total. The highest BCUT2D eigenvalue weighted by Crippen LogP contribution is 2.23. The monoisotopic (exact) mass is 680 g/mol. The van der Waals surface area contributed by atoms with Crippen LogP contribution in [0.5, 0.6) is 0 Å². The van der Waals surface area contributed by atoms with Crippen LogP contribution in [0.3, 0.4) is 0 Å². The Bertz CT molecular complexity index is 1230. The van der Waals surface area contributed by atoms with Gasteiger partial charge in [-0.3, -0.25) is 0 Å². The first kappa shape index (κ1) is 34.6. The van der Waals surface area contributed by atoms with Crippen LogP contribution in [0, 0.1) is 0 Å². The van der Waals surface area contributed by atoms with Crippen molar-refractivity contribution in [3.8, 4) is 0 Å². The molecule has 4 nitrogen and oxygen atoms in total. The second-order valence-electron chi connectivity index (χ2n) is 10.7. The predicted octanol–water partition coefficient (Wildman–Crippen LogP) is 4.76. The number of rotatable bonds is 20. The van der Waals surface area contributed by atoms with Crippen molar-refractivity contribution in [3.05, 3.63) is 172 Å². The van der Waals surface area contributed by atoms with Gasteiger partial charge in [0.25, 0.3) is 0 Å². The fraction of sp³-hybridized carbons (Fsp3) is 0.111. The van der Waals surface area contributed by atoms with E-state index in [0.29, 0.717) is 24.2 Å². The Balaban J connectivity index is 1.91. The van der Waals surface area contributed by atoms with E-state index in [2.05, 4.69) is 123 Å². The molecule has 0 radical (unpaired) electrons. The van der Waals surface area contributed by atoms with E-state index in [4.69, 9.17) is 16.5 Å². The highest BCUT2D eigenvalue weighted by atomic mass is 28.5. The zero-order valence-corrected chi connectivity index (χ0v) is 31.6. The summed E-state index contributed by atoms with van der Waals surface area (Å²) in [5, 5.41) is 4.65. The van der Waals surface area contributed by atoms with Crippen LogP contribution in [0.4, 0.5) is 0 Å². The van der Waals surface area contributed by atoms with Gasteiger partial charge in [-0.15, -0.1) is 26.3 Å². The van der Waals surface area contributed by atoms with Crippen LogP contribution in [0.2, 0.25) is 24.2 Å². The molecule has 9 heteroatoms. The molecule has 4 atom stereocenters. The summed E-state index contributed by atoms with van der Waals surface area (Å²) in [5.41, 5.74) is 0. The molecule has 4 rings (SSSR count). The van der Waals surface area contributed by atoms with Crippen molar-refractivity contribution >= 4 is 66.0 Å². The molecule has 0 fully saturated rings. The molecule has 0 aliphatic carbocycles. The summed E-state index contributed by atoms with van der Waals surface area (Å²) in [7, 11) is -12.6. The van der Waals surface area contributed by atoms with E-state index >= 15 is 0 Å². The maximum absolute atomic E-state index is 7.40. The third-order valence-electron chi connectivity index (χ3n) is 7.35. The number of hydrogen-bond acceptors (Lipinski definition) is 4. The second-order valence-corrected chi connectivity index (χ2v) is 23.9. The van der Waals surface area contributed by atoms with Gasteiger partial charge in [-0.2, -0.15) is 0 Å². The smallest absolute Gasteiger partial charge is 0.393 e. The number of allylic oxidation sites excluding steroid dienone is 4. The van der Waals surface area contributed by atoms with Gasteiger partial charge in [0.15, 0.2) is 0 Å². The third kappa shape index (κ3) is 10.4. The Morgan fingerprint density at radius 3 is 0.756 bits per heavy atom. The SMILES string of the molecule is C=CC[SiH](O[Si](O[SiH](CC=C)c1ccccc1)(O[SiH](CC=C)c1ccccc1)O[SiH](CC=C)c1ccccc1)c1ccccc1. The summed E-state index contributed by atoms with van der Waals surface area (Å²) in [4.78, 5) is 0.